The number of allylic oxidation sites excluding steroid dienone is 2. The third-order valence-corrected chi connectivity index (χ3v) is 1.79. The van der Waals surface area contributed by atoms with E-state index in [-0.39, 0.29) is 5.56 Å². The maximum Gasteiger partial charge on any atom is 0.272 e. The average molecular weight is 190 g/mol. The number of aromatic amines is 1. The Morgan fingerprint density at radius 2 is 2.29 bits per heavy atom. The second-order valence-corrected chi connectivity index (χ2v) is 2.88. The molecule has 14 heavy (non-hydrogen) atoms. The molecule has 0 aliphatic heterocycles. The van der Waals surface area contributed by atoms with Gasteiger partial charge in [0, 0.05) is 11.1 Å². The summed E-state index contributed by atoms with van der Waals surface area (Å²) in [6.07, 6.45) is 10.1. The quantitative estimate of drug-likeness (QED) is 0.794. The lowest BCUT2D eigenvalue weighted by molar-refractivity contribution is 0.979. The zero-order chi connectivity index (χ0) is 10.4. The fraction of sp³-hybridized carbons (Fsp3) is 0.273. The van der Waals surface area contributed by atoms with Gasteiger partial charge in [0.05, 0.1) is 6.20 Å². The summed E-state index contributed by atoms with van der Waals surface area (Å²) >= 11 is 0. The van der Waals surface area contributed by atoms with E-state index in [1.807, 2.05) is 32.1 Å². The normalized spacial score (nSPS) is 11.6. The summed E-state index contributed by atoms with van der Waals surface area (Å²) in [4.78, 5) is 11.4. The molecule has 0 spiro atoms. The Hall–Kier alpha value is -1.64. The summed E-state index contributed by atoms with van der Waals surface area (Å²) in [6.45, 7) is 3.93. The van der Waals surface area contributed by atoms with Crippen LogP contribution in [0.3, 0.4) is 0 Å². The number of rotatable bonds is 3. The van der Waals surface area contributed by atoms with Crippen LogP contribution in [0.5, 0.6) is 0 Å². The third-order valence-electron chi connectivity index (χ3n) is 1.79. The van der Waals surface area contributed by atoms with Crippen molar-refractivity contribution in [1.29, 1.82) is 0 Å². The highest BCUT2D eigenvalue weighted by molar-refractivity contribution is 5.63. The maximum atomic E-state index is 11.4. The largest absolute Gasteiger partial charge is 0.272 e. The van der Waals surface area contributed by atoms with E-state index in [1.165, 1.54) is 0 Å². The van der Waals surface area contributed by atoms with E-state index in [4.69, 9.17) is 0 Å². The molecule has 0 bridgehead atoms. The zero-order valence-electron chi connectivity index (χ0n) is 8.45. The van der Waals surface area contributed by atoms with Crippen molar-refractivity contribution in [2.45, 2.75) is 20.3 Å². The number of H-pyrrole nitrogens is 1. The van der Waals surface area contributed by atoms with Gasteiger partial charge in [-0.05, 0) is 13.3 Å². The molecule has 0 atom stereocenters. The summed E-state index contributed by atoms with van der Waals surface area (Å²) in [5.41, 5.74) is 1.36. The maximum absolute atomic E-state index is 11.4. The summed E-state index contributed by atoms with van der Waals surface area (Å²) in [5, 5.41) is 6.17. The molecule has 3 heteroatoms. The van der Waals surface area contributed by atoms with Gasteiger partial charge < -0.3 is 0 Å². The van der Waals surface area contributed by atoms with Gasteiger partial charge in [-0.15, -0.1) is 0 Å². The van der Waals surface area contributed by atoms with Gasteiger partial charge in [-0.2, -0.15) is 5.10 Å². The molecular weight excluding hydrogens is 176 g/mol. The summed E-state index contributed by atoms with van der Waals surface area (Å²) in [6, 6.07) is 0. The lowest BCUT2D eigenvalue weighted by Crippen LogP contribution is -2.12. The van der Waals surface area contributed by atoms with Gasteiger partial charge in [0.2, 0.25) is 0 Å². The van der Waals surface area contributed by atoms with Crippen LogP contribution in [-0.2, 0) is 0 Å². The number of hydrogen-bond donors (Lipinski definition) is 1. The standard InChI is InChI=1S/C11H14N2O/c1-3-5-7-9-8-12-13-11(14)10(9)6-4-2/h4-8H,3H2,1-2H3,(H,13,14)/b6-4-,7-5-. The molecule has 0 aromatic carbocycles. The minimum absolute atomic E-state index is 0.152. The fourth-order valence-electron chi connectivity index (χ4n) is 1.14. The molecule has 1 heterocycles. The third kappa shape index (κ3) is 2.42. The van der Waals surface area contributed by atoms with Gasteiger partial charge in [-0.3, -0.25) is 4.79 Å². The molecule has 0 saturated heterocycles. The minimum Gasteiger partial charge on any atom is -0.267 e. The molecule has 0 amide bonds. The SMILES string of the molecule is C/C=C\c1c(/C=C\CC)cn[nH]c1=O. The first-order valence-electron chi connectivity index (χ1n) is 4.66. The van der Waals surface area contributed by atoms with Crippen LogP contribution in [0.15, 0.2) is 23.1 Å². The van der Waals surface area contributed by atoms with Gasteiger partial charge in [0.1, 0.15) is 0 Å². The summed E-state index contributed by atoms with van der Waals surface area (Å²) in [5.74, 6) is 0. The smallest absolute Gasteiger partial charge is 0.267 e. The molecule has 74 valence electrons. The number of nitrogens with one attached hydrogen (secondary N) is 1. The highest BCUT2D eigenvalue weighted by Crippen LogP contribution is 2.06. The van der Waals surface area contributed by atoms with Gasteiger partial charge in [0.25, 0.3) is 5.56 Å². The number of nitrogens with zero attached hydrogens (tertiary/aromatic N) is 1. The van der Waals surface area contributed by atoms with Gasteiger partial charge in [-0.1, -0.05) is 31.2 Å². The number of aromatic nitrogens is 2. The van der Waals surface area contributed by atoms with E-state index >= 15 is 0 Å². The first kappa shape index (κ1) is 10.4. The Morgan fingerprint density at radius 1 is 1.50 bits per heavy atom. The van der Waals surface area contributed by atoms with E-state index in [9.17, 15) is 4.79 Å². The Kier molecular flexibility index (Phi) is 3.85. The predicted molar refractivity (Wildman–Crippen MR) is 58.9 cm³/mol. The van der Waals surface area contributed by atoms with Crippen molar-refractivity contribution < 1.29 is 0 Å². The van der Waals surface area contributed by atoms with Crippen LogP contribution in [-0.4, -0.2) is 10.2 Å². The molecule has 1 rings (SSSR count). The Labute approximate surface area is 83.2 Å². The van der Waals surface area contributed by atoms with Crippen molar-refractivity contribution in [3.8, 4) is 0 Å². The Balaban J connectivity index is 3.21. The van der Waals surface area contributed by atoms with Crippen LogP contribution in [0.4, 0.5) is 0 Å². The molecule has 0 fully saturated rings. The van der Waals surface area contributed by atoms with Crippen LogP contribution >= 0.6 is 0 Å². The molecular formula is C11H14N2O. The lowest BCUT2D eigenvalue weighted by Gasteiger charge is -1.97. The second-order valence-electron chi connectivity index (χ2n) is 2.88. The van der Waals surface area contributed by atoms with Crippen molar-refractivity contribution >= 4 is 12.2 Å². The van der Waals surface area contributed by atoms with Crippen LogP contribution in [0.25, 0.3) is 12.2 Å². The fourth-order valence-corrected chi connectivity index (χ4v) is 1.14. The van der Waals surface area contributed by atoms with Crippen LogP contribution in [0.1, 0.15) is 31.4 Å². The van der Waals surface area contributed by atoms with Crippen LogP contribution in [0, 0.1) is 0 Å². The molecule has 1 aromatic heterocycles. The summed E-state index contributed by atoms with van der Waals surface area (Å²) < 4.78 is 0. The molecule has 0 aliphatic rings. The lowest BCUT2D eigenvalue weighted by atomic mass is 10.1. The monoisotopic (exact) mass is 190 g/mol. The van der Waals surface area contributed by atoms with E-state index < -0.39 is 0 Å². The van der Waals surface area contributed by atoms with Gasteiger partial charge >= 0.3 is 0 Å². The van der Waals surface area contributed by atoms with Crippen molar-refractivity contribution in [3.63, 3.8) is 0 Å². The van der Waals surface area contributed by atoms with Crippen molar-refractivity contribution in [2.75, 3.05) is 0 Å². The Morgan fingerprint density at radius 3 is 2.93 bits per heavy atom. The molecule has 1 N–H and O–H groups in total. The highest BCUT2D eigenvalue weighted by atomic mass is 16.1. The van der Waals surface area contributed by atoms with Gasteiger partial charge in [-0.25, -0.2) is 5.10 Å². The molecule has 0 unspecified atom stereocenters. The minimum atomic E-state index is -0.152. The predicted octanol–water partition coefficient (Wildman–Crippen LogP) is 2.23. The average Bonchev–Trinajstić information content (AvgIpc) is 2.19. The van der Waals surface area contributed by atoms with E-state index in [2.05, 4.69) is 10.2 Å². The highest BCUT2D eigenvalue weighted by Gasteiger charge is 2.00. The van der Waals surface area contributed by atoms with Crippen molar-refractivity contribution in [3.05, 3.63) is 39.8 Å². The van der Waals surface area contributed by atoms with E-state index in [0.717, 1.165) is 12.0 Å². The van der Waals surface area contributed by atoms with Crippen molar-refractivity contribution in [2.24, 2.45) is 0 Å². The van der Waals surface area contributed by atoms with Crippen LogP contribution in [0.2, 0.25) is 0 Å². The second kappa shape index (κ2) is 5.17. The molecule has 0 saturated carbocycles. The topological polar surface area (TPSA) is 45.8 Å². The van der Waals surface area contributed by atoms with E-state index in [1.54, 1.807) is 12.3 Å². The first-order valence-corrected chi connectivity index (χ1v) is 4.66. The molecule has 0 radical (unpaired) electrons. The zero-order valence-corrected chi connectivity index (χ0v) is 8.45. The summed E-state index contributed by atoms with van der Waals surface area (Å²) in [7, 11) is 0. The van der Waals surface area contributed by atoms with Crippen LogP contribution < -0.4 is 5.56 Å². The van der Waals surface area contributed by atoms with Gasteiger partial charge in [0.15, 0.2) is 0 Å². The first-order chi connectivity index (χ1) is 6.79. The number of hydrogen-bond acceptors (Lipinski definition) is 2. The molecule has 0 aliphatic carbocycles. The molecule has 1 aromatic rings. The van der Waals surface area contributed by atoms with E-state index in [0.29, 0.717) is 5.56 Å². The Bertz CT molecular complexity index is 402. The molecule has 3 nitrogen and oxygen atoms in total. The van der Waals surface area contributed by atoms with Crippen molar-refractivity contribution in [1.82, 2.24) is 10.2 Å².